The Hall–Kier alpha value is 0.0900. The van der Waals surface area contributed by atoms with Crippen LogP contribution in [0.5, 0.6) is 0 Å². The van der Waals surface area contributed by atoms with Gasteiger partial charge in [0, 0.05) is 10.5 Å². The lowest BCUT2D eigenvalue weighted by Gasteiger charge is -1.97. The first-order valence-corrected chi connectivity index (χ1v) is 6.10. The summed E-state index contributed by atoms with van der Waals surface area (Å²) in [6.07, 6.45) is 10.6. The molecule has 1 heterocycles. The summed E-state index contributed by atoms with van der Waals surface area (Å²) < 4.78 is 0. The Morgan fingerprint density at radius 2 is 2.00 bits per heavy atom. The molecule has 70 valence electrons. The molecule has 0 spiro atoms. The molecule has 0 saturated carbocycles. The van der Waals surface area contributed by atoms with Crippen molar-refractivity contribution in [3.05, 3.63) is 12.7 Å². The minimum absolute atomic E-state index is 0.802. The van der Waals surface area contributed by atoms with Crippen molar-refractivity contribution in [3.63, 3.8) is 0 Å². The number of hydrogen-bond acceptors (Lipinski definition) is 1. The number of thioether (sulfide) groups is 1. The fraction of sp³-hybridized carbons (Fsp3) is 0.818. The highest BCUT2D eigenvalue weighted by molar-refractivity contribution is 8.07. The molecule has 0 aliphatic carbocycles. The quantitative estimate of drug-likeness (QED) is 0.327. The molecule has 1 aliphatic rings. The van der Waals surface area contributed by atoms with Crippen LogP contribution in [0.15, 0.2) is 12.7 Å². The monoisotopic (exact) mass is 184 g/mol. The largest absolute Gasteiger partial charge is 0.148 e. The van der Waals surface area contributed by atoms with Crippen molar-refractivity contribution in [2.75, 3.05) is 0 Å². The normalized spacial score (nSPS) is 27.1. The second-order valence-electron chi connectivity index (χ2n) is 3.58. The first kappa shape index (κ1) is 10.2. The molecule has 0 N–H and O–H groups in total. The molecular weight excluding hydrogens is 164 g/mol. The van der Waals surface area contributed by atoms with Crippen molar-refractivity contribution in [2.24, 2.45) is 0 Å². The minimum atomic E-state index is 0.802. The summed E-state index contributed by atoms with van der Waals surface area (Å²) in [5, 5.41) is 1.74. The summed E-state index contributed by atoms with van der Waals surface area (Å²) in [5.41, 5.74) is 0. The molecule has 0 amide bonds. The average molecular weight is 184 g/mol. The van der Waals surface area contributed by atoms with Crippen molar-refractivity contribution >= 4 is 11.8 Å². The summed E-state index contributed by atoms with van der Waals surface area (Å²) in [6.45, 7) is 6.08. The third-order valence-electron chi connectivity index (χ3n) is 2.45. The predicted octanol–water partition coefficient (Wildman–Crippen LogP) is 4.02. The molecule has 1 rings (SSSR count). The van der Waals surface area contributed by atoms with Gasteiger partial charge in [0.1, 0.15) is 0 Å². The second kappa shape index (κ2) is 5.69. The van der Waals surface area contributed by atoms with E-state index in [4.69, 9.17) is 0 Å². The molecule has 0 nitrogen and oxygen atoms in total. The van der Waals surface area contributed by atoms with Gasteiger partial charge >= 0.3 is 0 Å². The van der Waals surface area contributed by atoms with E-state index in [1.54, 1.807) is 0 Å². The Labute approximate surface area is 80.8 Å². The van der Waals surface area contributed by atoms with E-state index < -0.39 is 0 Å². The average Bonchev–Trinajstić information content (AvgIpc) is 2.83. The molecule has 0 radical (unpaired) electrons. The zero-order valence-electron chi connectivity index (χ0n) is 8.09. The third kappa shape index (κ3) is 3.66. The Balaban J connectivity index is 1.81. The molecule has 1 heteroatoms. The standard InChI is InChI=1S/C11H20S/c1-3-5-6-7-8-9-11-10(4-2)12-11/h4,10-11H,2-3,5-9H2,1H3/t10-,11-/m0/s1. The fourth-order valence-electron chi connectivity index (χ4n) is 1.55. The lowest BCUT2D eigenvalue weighted by molar-refractivity contribution is 0.611. The molecule has 1 fully saturated rings. The second-order valence-corrected chi connectivity index (χ2v) is 5.00. The van der Waals surface area contributed by atoms with Gasteiger partial charge < -0.3 is 0 Å². The van der Waals surface area contributed by atoms with Crippen LogP contribution in [0.4, 0.5) is 0 Å². The van der Waals surface area contributed by atoms with Crippen LogP contribution in [0, 0.1) is 0 Å². The van der Waals surface area contributed by atoms with Crippen molar-refractivity contribution in [1.82, 2.24) is 0 Å². The van der Waals surface area contributed by atoms with Crippen molar-refractivity contribution in [1.29, 1.82) is 0 Å². The summed E-state index contributed by atoms with van der Waals surface area (Å²) in [6, 6.07) is 0. The van der Waals surface area contributed by atoms with Crippen LogP contribution in [0.25, 0.3) is 0 Å². The molecule has 0 aromatic carbocycles. The summed E-state index contributed by atoms with van der Waals surface area (Å²) in [4.78, 5) is 0. The number of rotatable bonds is 7. The molecule has 0 bridgehead atoms. The van der Waals surface area contributed by atoms with E-state index in [1.807, 2.05) is 0 Å². The summed E-state index contributed by atoms with van der Waals surface area (Å²) in [7, 11) is 0. The van der Waals surface area contributed by atoms with Crippen molar-refractivity contribution < 1.29 is 0 Å². The van der Waals surface area contributed by atoms with Crippen LogP contribution < -0.4 is 0 Å². The van der Waals surface area contributed by atoms with E-state index in [-0.39, 0.29) is 0 Å². The van der Waals surface area contributed by atoms with E-state index in [0.29, 0.717) is 0 Å². The van der Waals surface area contributed by atoms with Gasteiger partial charge in [-0.15, -0.1) is 18.3 Å². The highest BCUT2D eigenvalue weighted by Crippen LogP contribution is 2.45. The predicted molar refractivity (Wildman–Crippen MR) is 58.7 cm³/mol. The highest BCUT2D eigenvalue weighted by atomic mass is 32.2. The Morgan fingerprint density at radius 3 is 2.58 bits per heavy atom. The van der Waals surface area contributed by atoms with Gasteiger partial charge in [0.05, 0.1) is 0 Å². The minimum Gasteiger partial charge on any atom is -0.148 e. The van der Waals surface area contributed by atoms with Crippen LogP contribution in [0.3, 0.4) is 0 Å². The first-order chi connectivity index (χ1) is 5.88. The summed E-state index contributed by atoms with van der Waals surface area (Å²) >= 11 is 2.08. The molecule has 0 unspecified atom stereocenters. The van der Waals surface area contributed by atoms with E-state index in [2.05, 4.69) is 31.3 Å². The highest BCUT2D eigenvalue weighted by Gasteiger charge is 2.34. The SMILES string of the molecule is C=C[C@@H]1S[C@H]1CCCCCCC. The maximum Gasteiger partial charge on any atom is 0.0347 e. The fourth-order valence-corrected chi connectivity index (χ4v) is 2.52. The summed E-state index contributed by atoms with van der Waals surface area (Å²) in [5.74, 6) is 0. The van der Waals surface area contributed by atoms with Gasteiger partial charge in [0.15, 0.2) is 0 Å². The van der Waals surface area contributed by atoms with Crippen LogP contribution in [-0.4, -0.2) is 10.5 Å². The van der Waals surface area contributed by atoms with Gasteiger partial charge in [-0.2, -0.15) is 0 Å². The van der Waals surface area contributed by atoms with Crippen molar-refractivity contribution in [2.45, 2.75) is 55.9 Å². The van der Waals surface area contributed by atoms with Gasteiger partial charge in [0.25, 0.3) is 0 Å². The lowest BCUT2D eigenvalue weighted by atomic mass is 10.1. The molecule has 2 atom stereocenters. The molecule has 0 aromatic heterocycles. The molecule has 12 heavy (non-hydrogen) atoms. The van der Waals surface area contributed by atoms with E-state index in [1.165, 1.54) is 38.5 Å². The topological polar surface area (TPSA) is 0 Å². The van der Waals surface area contributed by atoms with Gasteiger partial charge in [-0.25, -0.2) is 0 Å². The molecule has 0 aromatic rings. The lowest BCUT2D eigenvalue weighted by Crippen LogP contribution is -1.89. The Bertz CT molecular complexity index is 131. The first-order valence-electron chi connectivity index (χ1n) is 5.16. The molecule has 1 aliphatic heterocycles. The maximum atomic E-state index is 3.81. The Morgan fingerprint density at radius 1 is 1.25 bits per heavy atom. The van der Waals surface area contributed by atoms with Gasteiger partial charge in [0.2, 0.25) is 0 Å². The zero-order valence-corrected chi connectivity index (χ0v) is 8.91. The number of hydrogen-bond donors (Lipinski definition) is 0. The van der Waals surface area contributed by atoms with E-state index >= 15 is 0 Å². The Kier molecular flexibility index (Phi) is 4.82. The number of unbranched alkanes of at least 4 members (excludes halogenated alkanes) is 4. The van der Waals surface area contributed by atoms with Gasteiger partial charge in [-0.3, -0.25) is 0 Å². The van der Waals surface area contributed by atoms with Crippen LogP contribution >= 0.6 is 11.8 Å². The molecule has 1 saturated heterocycles. The van der Waals surface area contributed by atoms with Crippen LogP contribution in [0.1, 0.15) is 45.4 Å². The maximum absolute atomic E-state index is 3.81. The van der Waals surface area contributed by atoms with E-state index in [9.17, 15) is 0 Å². The van der Waals surface area contributed by atoms with Gasteiger partial charge in [-0.1, -0.05) is 45.1 Å². The zero-order chi connectivity index (χ0) is 8.81. The smallest absolute Gasteiger partial charge is 0.0347 e. The van der Waals surface area contributed by atoms with Crippen LogP contribution in [-0.2, 0) is 0 Å². The molecular formula is C11H20S. The van der Waals surface area contributed by atoms with Crippen LogP contribution in [0.2, 0.25) is 0 Å². The van der Waals surface area contributed by atoms with E-state index in [0.717, 1.165) is 10.5 Å². The van der Waals surface area contributed by atoms with Gasteiger partial charge in [-0.05, 0) is 6.42 Å². The van der Waals surface area contributed by atoms with Crippen molar-refractivity contribution in [3.8, 4) is 0 Å². The third-order valence-corrected chi connectivity index (χ3v) is 3.85.